The molecule has 4 aliphatic heterocycles. The first-order chi connectivity index (χ1) is 31.1. The molecule has 0 aliphatic carbocycles. The largest absolute Gasteiger partial charge is 0.312 e. The molecule has 0 atom stereocenters. The Morgan fingerprint density at radius 3 is 1.67 bits per heavy atom. The maximum absolute atomic E-state index is 2.66. The van der Waals surface area contributed by atoms with E-state index in [4.69, 9.17) is 0 Å². The van der Waals surface area contributed by atoms with Gasteiger partial charge in [0, 0.05) is 71.1 Å². The quantitative estimate of drug-likeness (QED) is 0.164. The van der Waals surface area contributed by atoms with Crippen molar-refractivity contribution in [2.75, 3.05) is 14.7 Å². The zero-order valence-electron chi connectivity index (χ0n) is 35.0. The maximum Gasteiger partial charge on any atom is 0.252 e. The molecule has 0 bridgehead atoms. The van der Waals surface area contributed by atoms with Crippen molar-refractivity contribution in [3.63, 3.8) is 0 Å². The monoisotopic (exact) mass is 819 g/mol. The summed E-state index contributed by atoms with van der Waals surface area (Å²) >= 11 is 1.90. The van der Waals surface area contributed by atoms with Gasteiger partial charge in [-0.25, -0.2) is 0 Å². The van der Waals surface area contributed by atoms with E-state index < -0.39 is 0 Å². The molecule has 3 nitrogen and oxygen atoms in total. The second-order valence-electron chi connectivity index (χ2n) is 18.0. The molecule has 14 rings (SSSR count). The van der Waals surface area contributed by atoms with Crippen molar-refractivity contribution in [2.45, 2.75) is 19.3 Å². The molecule has 0 unspecified atom stereocenters. The van der Waals surface area contributed by atoms with Crippen molar-refractivity contribution in [2.24, 2.45) is 0 Å². The zero-order valence-corrected chi connectivity index (χ0v) is 35.8. The van der Waals surface area contributed by atoms with Gasteiger partial charge in [0.15, 0.2) is 0 Å². The molecule has 294 valence electrons. The maximum atomic E-state index is 2.66. The minimum Gasteiger partial charge on any atom is -0.312 e. The topological polar surface area (TPSA) is 9.72 Å². The van der Waals surface area contributed by atoms with Crippen molar-refractivity contribution in [1.29, 1.82) is 0 Å². The number of thiophene rings is 1. The van der Waals surface area contributed by atoms with Gasteiger partial charge in [0.1, 0.15) is 0 Å². The molecule has 0 amide bonds. The number of para-hydroxylation sites is 4. The van der Waals surface area contributed by atoms with Gasteiger partial charge in [-0.3, -0.25) is 0 Å². The van der Waals surface area contributed by atoms with Crippen molar-refractivity contribution >= 4 is 129 Å². The fourth-order valence-electron chi connectivity index (χ4n) is 11.9. The second-order valence-corrected chi connectivity index (χ2v) is 19.1. The van der Waals surface area contributed by atoms with Crippen LogP contribution in [0.1, 0.15) is 25.0 Å². The number of benzene rings is 9. The summed E-state index contributed by atoms with van der Waals surface area (Å²) in [6.07, 6.45) is 0. The van der Waals surface area contributed by atoms with Gasteiger partial charge in [-0.1, -0.05) is 141 Å². The summed E-state index contributed by atoms with van der Waals surface area (Å²) < 4.78 is 2.63. The Hall–Kier alpha value is -7.27. The predicted octanol–water partition coefficient (Wildman–Crippen LogP) is 11.1. The third-order valence-corrected chi connectivity index (χ3v) is 15.6. The zero-order chi connectivity index (χ0) is 41.6. The summed E-state index contributed by atoms with van der Waals surface area (Å²) in [4.78, 5) is 7.63. The number of hydrogen-bond acceptors (Lipinski definition) is 4. The SMILES string of the molecule is CC1(C)c2cc3c(cc2B2c4ccccc4N(c4ccccc4)c4cccc1c42)B1c2ccc4sc5ccccc5c4c2N(c2ccccc2)c2cccc(c21)N3c1ccccc1. The molecule has 0 saturated heterocycles. The van der Waals surface area contributed by atoms with Crippen molar-refractivity contribution in [3.05, 3.63) is 211 Å². The average Bonchev–Trinajstić information content (AvgIpc) is 3.72. The van der Waals surface area contributed by atoms with Crippen LogP contribution < -0.4 is 47.5 Å². The van der Waals surface area contributed by atoms with E-state index in [1.807, 2.05) is 11.3 Å². The third kappa shape index (κ3) is 4.71. The Balaban J connectivity index is 1.11. The highest BCUT2D eigenvalue weighted by molar-refractivity contribution is 7.26. The summed E-state index contributed by atoms with van der Waals surface area (Å²) in [6.45, 7) is 4.96. The van der Waals surface area contributed by atoms with Crippen LogP contribution in [-0.2, 0) is 5.41 Å². The second kappa shape index (κ2) is 12.9. The standard InChI is InChI=1S/C57H39B2N3S/c1-57(2)40-25-16-28-47-54(40)58(42-26-13-14-27-46(42)60(47)36-18-6-3-7-19-36)44-35-45-50(34-41(44)57)61(37-20-8-4-9-21-37)48-29-17-30-49-55(48)59(45)43-32-33-52-53(39-24-12-15-31-51(39)63-52)56(43)62(49)38-22-10-5-11-23-38/h3-35H,1-2H3. The average molecular weight is 820 g/mol. The number of hydrogen-bond donors (Lipinski definition) is 0. The highest BCUT2D eigenvalue weighted by Crippen LogP contribution is 2.50. The van der Waals surface area contributed by atoms with Crippen LogP contribution in [0.3, 0.4) is 0 Å². The van der Waals surface area contributed by atoms with E-state index in [1.54, 1.807) is 0 Å². The van der Waals surface area contributed by atoms with E-state index in [1.165, 1.54) is 115 Å². The highest BCUT2D eigenvalue weighted by Gasteiger charge is 2.49. The first kappa shape index (κ1) is 35.3. The Kier molecular flexibility index (Phi) is 7.23. The van der Waals surface area contributed by atoms with Crippen molar-refractivity contribution < 1.29 is 0 Å². The molecule has 0 fully saturated rings. The smallest absolute Gasteiger partial charge is 0.252 e. The van der Waals surface area contributed by atoms with Crippen LogP contribution in [0.2, 0.25) is 0 Å². The normalized spacial score (nSPS) is 14.8. The minimum atomic E-state index is -0.276. The van der Waals surface area contributed by atoms with Gasteiger partial charge in [-0.2, -0.15) is 0 Å². The molecule has 10 aromatic rings. The number of rotatable bonds is 3. The molecule has 5 heterocycles. The summed E-state index contributed by atoms with van der Waals surface area (Å²) in [5.74, 6) is 0. The van der Waals surface area contributed by atoms with Crippen LogP contribution in [0.5, 0.6) is 0 Å². The molecule has 0 N–H and O–H groups in total. The van der Waals surface area contributed by atoms with Crippen molar-refractivity contribution in [3.8, 4) is 0 Å². The van der Waals surface area contributed by atoms with Gasteiger partial charge < -0.3 is 14.7 Å². The Labute approximate surface area is 372 Å². The molecule has 1 aromatic heterocycles. The van der Waals surface area contributed by atoms with Crippen LogP contribution in [0.4, 0.5) is 51.2 Å². The first-order valence-corrected chi connectivity index (χ1v) is 22.9. The molecule has 0 spiro atoms. The Bertz CT molecular complexity index is 3530. The fraction of sp³-hybridized carbons (Fsp3) is 0.0526. The molecule has 63 heavy (non-hydrogen) atoms. The van der Waals surface area contributed by atoms with Crippen LogP contribution in [0, 0.1) is 0 Å². The summed E-state index contributed by atoms with van der Waals surface area (Å²) in [6, 6.07) is 75.2. The Morgan fingerprint density at radius 1 is 0.381 bits per heavy atom. The summed E-state index contributed by atoms with van der Waals surface area (Å²) in [5, 5.41) is 2.65. The van der Waals surface area contributed by atoms with Gasteiger partial charge in [0.25, 0.3) is 6.71 Å². The molecule has 0 radical (unpaired) electrons. The van der Waals surface area contributed by atoms with E-state index in [2.05, 4.69) is 229 Å². The van der Waals surface area contributed by atoms with Gasteiger partial charge in [-0.15, -0.1) is 11.3 Å². The van der Waals surface area contributed by atoms with E-state index in [0.717, 1.165) is 0 Å². The molecular weight excluding hydrogens is 780 g/mol. The Morgan fingerprint density at radius 2 is 0.937 bits per heavy atom. The van der Waals surface area contributed by atoms with Gasteiger partial charge in [0.2, 0.25) is 6.71 Å². The lowest BCUT2D eigenvalue weighted by molar-refractivity contribution is 0.646. The van der Waals surface area contributed by atoms with Gasteiger partial charge >= 0.3 is 0 Å². The fourth-order valence-corrected chi connectivity index (χ4v) is 13.0. The number of anilines is 9. The summed E-state index contributed by atoms with van der Waals surface area (Å²) in [7, 11) is 0. The van der Waals surface area contributed by atoms with Crippen LogP contribution in [-0.4, -0.2) is 13.4 Å². The van der Waals surface area contributed by atoms with Crippen LogP contribution >= 0.6 is 11.3 Å². The number of fused-ring (bicyclic) bond motifs is 12. The lowest BCUT2D eigenvalue weighted by atomic mass is 9.28. The first-order valence-electron chi connectivity index (χ1n) is 22.1. The van der Waals surface area contributed by atoms with E-state index in [0.29, 0.717) is 0 Å². The molecule has 0 saturated carbocycles. The highest BCUT2D eigenvalue weighted by atomic mass is 32.1. The molecular formula is C57H39B2N3S. The van der Waals surface area contributed by atoms with E-state index >= 15 is 0 Å². The predicted molar refractivity (Wildman–Crippen MR) is 271 cm³/mol. The molecule has 9 aromatic carbocycles. The lowest BCUT2D eigenvalue weighted by Crippen LogP contribution is -2.67. The number of nitrogens with zero attached hydrogens (tertiary/aromatic N) is 3. The third-order valence-electron chi connectivity index (χ3n) is 14.5. The molecule has 4 aliphatic rings. The van der Waals surface area contributed by atoms with E-state index in [9.17, 15) is 0 Å². The minimum absolute atomic E-state index is 0.00566. The summed E-state index contributed by atoms with van der Waals surface area (Å²) in [5.41, 5.74) is 21.8. The van der Waals surface area contributed by atoms with Gasteiger partial charge in [-0.05, 0) is 117 Å². The lowest BCUT2D eigenvalue weighted by Gasteiger charge is -2.48. The van der Waals surface area contributed by atoms with E-state index in [-0.39, 0.29) is 18.8 Å². The molecule has 6 heteroatoms. The van der Waals surface area contributed by atoms with Crippen LogP contribution in [0.25, 0.3) is 20.2 Å². The van der Waals surface area contributed by atoms with Crippen molar-refractivity contribution in [1.82, 2.24) is 0 Å². The van der Waals surface area contributed by atoms with Gasteiger partial charge in [0.05, 0.1) is 5.69 Å². The van der Waals surface area contributed by atoms with Crippen LogP contribution in [0.15, 0.2) is 200 Å².